The van der Waals surface area contributed by atoms with Crippen LogP contribution in [0.4, 0.5) is 0 Å². The molecular formula is C11H17ClN2O2. The van der Waals surface area contributed by atoms with E-state index in [0.717, 1.165) is 5.57 Å². The van der Waals surface area contributed by atoms with Crippen molar-refractivity contribution in [1.29, 1.82) is 0 Å². The van der Waals surface area contributed by atoms with Crippen LogP contribution in [0.2, 0.25) is 0 Å². The molecule has 1 heterocycles. The summed E-state index contributed by atoms with van der Waals surface area (Å²) in [5, 5.41) is 2.70. The average Bonchev–Trinajstić information content (AvgIpc) is 2.22. The highest BCUT2D eigenvalue weighted by atomic mass is 35.5. The number of carbonyl (C=O) groups excluding carboxylic acids is 2. The van der Waals surface area contributed by atoms with Crippen LogP contribution in [0.3, 0.4) is 0 Å². The summed E-state index contributed by atoms with van der Waals surface area (Å²) in [7, 11) is 0. The molecule has 0 aliphatic carbocycles. The Hall–Kier alpha value is -1.03. The highest BCUT2D eigenvalue weighted by molar-refractivity contribution is 6.25. The Balaban J connectivity index is 2.77. The Morgan fingerprint density at radius 1 is 1.62 bits per heavy atom. The first kappa shape index (κ1) is 13.0. The number of carbonyl (C=O) groups is 2. The Kier molecular flexibility index (Phi) is 4.35. The zero-order valence-electron chi connectivity index (χ0n) is 9.79. The van der Waals surface area contributed by atoms with Gasteiger partial charge in [0, 0.05) is 12.1 Å². The van der Waals surface area contributed by atoms with Gasteiger partial charge in [0.15, 0.2) is 0 Å². The van der Waals surface area contributed by atoms with E-state index in [1.165, 1.54) is 10.4 Å². The van der Waals surface area contributed by atoms with Gasteiger partial charge in [-0.3, -0.25) is 9.59 Å². The van der Waals surface area contributed by atoms with Gasteiger partial charge < -0.3 is 10.2 Å². The van der Waals surface area contributed by atoms with Gasteiger partial charge in [0.25, 0.3) is 0 Å². The smallest absolute Gasteiger partial charge is 0.246 e. The minimum absolute atomic E-state index is 0.0348. The van der Waals surface area contributed by atoms with Crippen LogP contribution in [0.25, 0.3) is 0 Å². The molecular weight excluding hydrogens is 228 g/mol. The fourth-order valence-corrected chi connectivity index (χ4v) is 1.72. The van der Waals surface area contributed by atoms with Gasteiger partial charge in [-0.1, -0.05) is 25.4 Å². The van der Waals surface area contributed by atoms with Crippen molar-refractivity contribution in [3.05, 3.63) is 11.1 Å². The number of nitrogens with one attached hydrogen (secondary N) is 1. The minimum atomic E-state index is -0.413. The van der Waals surface area contributed by atoms with Crippen molar-refractivity contribution in [2.24, 2.45) is 5.92 Å². The van der Waals surface area contributed by atoms with Gasteiger partial charge in [-0.25, -0.2) is 0 Å². The Morgan fingerprint density at radius 2 is 2.25 bits per heavy atom. The summed E-state index contributed by atoms with van der Waals surface area (Å²) in [4.78, 5) is 25.0. The van der Waals surface area contributed by atoms with Gasteiger partial charge in [0.1, 0.15) is 6.04 Å². The van der Waals surface area contributed by atoms with Crippen molar-refractivity contribution in [2.75, 3.05) is 13.1 Å². The predicted molar refractivity (Wildman–Crippen MR) is 63.0 cm³/mol. The van der Waals surface area contributed by atoms with E-state index in [-0.39, 0.29) is 24.3 Å². The maximum Gasteiger partial charge on any atom is 0.246 e. The Morgan fingerprint density at radius 3 is 2.75 bits per heavy atom. The molecule has 1 N–H and O–H groups in total. The van der Waals surface area contributed by atoms with Crippen LogP contribution < -0.4 is 5.32 Å². The zero-order chi connectivity index (χ0) is 12.3. The number of rotatable bonds is 3. The monoisotopic (exact) mass is 244 g/mol. The molecule has 1 atom stereocenters. The molecule has 0 aromatic carbocycles. The van der Waals surface area contributed by atoms with E-state index in [1.807, 2.05) is 20.8 Å². The van der Waals surface area contributed by atoms with E-state index in [9.17, 15) is 9.59 Å². The highest BCUT2D eigenvalue weighted by Crippen LogP contribution is 2.12. The minimum Gasteiger partial charge on any atom is -0.343 e. The summed E-state index contributed by atoms with van der Waals surface area (Å²) in [6.45, 7) is 6.19. The molecule has 0 bridgehead atoms. The van der Waals surface area contributed by atoms with Gasteiger partial charge in [-0.15, -0.1) is 0 Å². The lowest BCUT2D eigenvalue weighted by atomic mass is 10.0. The zero-order valence-corrected chi connectivity index (χ0v) is 10.5. The van der Waals surface area contributed by atoms with E-state index in [4.69, 9.17) is 11.6 Å². The molecule has 0 radical (unpaired) electrons. The first-order valence-electron chi connectivity index (χ1n) is 5.29. The molecule has 0 aromatic heterocycles. The second-order valence-corrected chi connectivity index (χ2v) is 4.66. The third kappa shape index (κ3) is 2.98. The SMILES string of the molecule is CC(=CCl)CN1CC(=O)NC(C(C)C)C1=O. The van der Waals surface area contributed by atoms with Crippen molar-refractivity contribution in [3.8, 4) is 0 Å². The lowest BCUT2D eigenvalue weighted by Crippen LogP contribution is -2.59. The standard InChI is InChI=1S/C11H17ClN2O2/c1-7(2)10-11(16)14(5-8(3)4-12)6-9(15)13-10/h4,7,10H,5-6H2,1-3H3,(H,13,15). The molecule has 1 saturated heterocycles. The van der Waals surface area contributed by atoms with Crippen molar-refractivity contribution < 1.29 is 9.59 Å². The van der Waals surface area contributed by atoms with Crippen LogP contribution >= 0.6 is 11.6 Å². The lowest BCUT2D eigenvalue weighted by molar-refractivity contribution is -0.145. The number of piperazine rings is 1. The molecule has 1 fully saturated rings. The average molecular weight is 245 g/mol. The molecule has 1 aliphatic rings. The summed E-state index contributed by atoms with van der Waals surface area (Å²) >= 11 is 5.55. The van der Waals surface area contributed by atoms with Crippen LogP contribution in [0, 0.1) is 5.92 Å². The van der Waals surface area contributed by atoms with Gasteiger partial charge in [0.05, 0.1) is 6.54 Å². The fraction of sp³-hybridized carbons (Fsp3) is 0.636. The van der Waals surface area contributed by atoms with E-state index < -0.39 is 6.04 Å². The summed E-state index contributed by atoms with van der Waals surface area (Å²) in [5.41, 5.74) is 2.30. The number of amides is 2. The Labute approximate surface area is 101 Å². The van der Waals surface area contributed by atoms with Crippen molar-refractivity contribution in [1.82, 2.24) is 10.2 Å². The largest absolute Gasteiger partial charge is 0.343 e. The molecule has 0 aromatic rings. The fourth-order valence-electron chi connectivity index (χ4n) is 1.65. The highest BCUT2D eigenvalue weighted by Gasteiger charge is 2.34. The summed E-state index contributed by atoms with van der Waals surface area (Å²) < 4.78 is 0. The number of nitrogens with zero attached hydrogens (tertiary/aromatic N) is 1. The molecule has 1 aliphatic heterocycles. The van der Waals surface area contributed by atoms with Crippen LogP contribution in [-0.2, 0) is 9.59 Å². The van der Waals surface area contributed by atoms with E-state index in [0.29, 0.717) is 6.54 Å². The van der Waals surface area contributed by atoms with E-state index in [2.05, 4.69) is 5.32 Å². The lowest BCUT2D eigenvalue weighted by Gasteiger charge is -2.34. The number of hydrogen-bond donors (Lipinski definition) is 1. The first-order valence-corrected chi connectivity index (χ1v) is 5.73. The molecule has 90 valence electrons. The van der Waals surface area contributed by atoms with Crippen molar-refractivity contribution in [3.63, 3.8) is 0 Å². The topological polar surface area (TPSA) is 49.4 Å². The van der Waals surface area contributed by atoms with E-state index >= 15 is 0 Å². The van der Waals surface area contributed by atoms with Gasteiger partial charge in [-0.05, 0) is 18.4 Å². The summed E-state index contributed by atoms with van der Waals surface area (Å²) in [6, 6.07) is -0.413. The molecule has 5 heteroatoms. The maximum absolute atomic E-state index is 12.0. The second-order valence-electron chi connectivity index (χ2n) is 4.44. The molecule has 1 rings (SSSR count). The van der Waals surface area contributed by atoms with Gasteiger partial charge in [-0.2, -0.15) is 0 Å². The summed E-state index contributed by atoms with van der Waals surface area (Å²) in [6.07, 6.45) is 0. The number of halogens is 1. The normalized spacial score (nSPS) is 22.7. The molecule has 1 unspecified atom stereocenters. The Bertz CT molecular complexity index is 326. The van der Waals surface area contributed by atoms with Crippen molar-refractivity contribution in [2.45, 2.75) is 26.8 Å². The van der Waals surface area contributed by atoms with Gasteiger partial charge >= 0.3 is 0 Å². The summed E-state index contributed by atoms with van der Waals surface area (Å²) in [5.74, 6) is -0.0484. The molecule has 4 nitrogen and oxygen atoms in total. The van der Waals surface area contributed by atoms with Crippen LogP contribution in [-0.4, -0.2) is 35.8 Å². The van der Waals surface area contributed by atoms with Crippen LogP contribution in [0.15, 0.2) is 11.1 Å². The predicted octanol–water partition coefficient (Wildman–Crippen LogP) is 1.11. The second kappa shape index (κ2) is 5.34. The van der Waals surface area contributed by atoms with Crippen LogP contribution in [0.5, 0.6) is 0 Å². The maximum atomic E-state index is 12.0. The van der Waals surface area contributed by atoms with Gasteiger partial charge in [0.2, 0.25) is 11.8 Å². The first-order chi connectivity index (χ1) is 7.45. The van der Waals surface area contributed by atoms with E-state index in [1.54, 1.807) is 0 Å². The van der Waals surface area contributed by atoms with Crippen molar-refractivity contribution >= 4 is 23.4 Å². The molecule has 0 saturated carbocycles. The quantitative estimate of drug-likeness (QED) is 0.809. The number of hydrogen-bond acceptors (Lipinski definition) is 2. The molecule has 2 amide bonds. The third-order valence-corrected chi connectivity index (χ3v) is 2.89. The third-order valence-electron chi connectivity index (χ3n) is 2.52. The molecule has 16 heavy (non-hydrogen) atoms. The van der Waals surface area contributed by atoms with Crippen LogP contribution in [0.1, 0.15) is 20.8 Å². The molecule has 0 spiro atoms.